The van der Waals surface area contributed by atoms with Crippen LogP contribution in [0.25, 0.3) is 0 Å². The molecule has 0 N–H and O–H groups in total. The van der Waals surface area contributed by atoms with Gasteiger partial charge in [-0.05, 0) is 38.5 Å². The summed E-state index contributed by atoms with van der Waals surface area (Å²) in [5.41, 5.74) is 0. The molecule has 0 rings (SSSR count). The maximum Gasteiger partial charge on any atom is 0.0784 e. The summed E-state index contributed by atoms with van der Waals surface area (Å²) in [7, 11) is 2.61. The lowest BCUT2D eigenvalue weighted by atomic mass is 10.0. The van der Waals surface area contributed by atoms with E-state index in [4.69, 9.17) is 0 Å². The molecule has 0 saturated carbocycles. The maximum atomic E-state index is 2.61. The van der Waals surface area contributed by atoms with E-state index in [1.807, 2.05) is 0 Å². The van der Waals surface area contributed by atoms with Crippen molar-refractivity contribution >= 4 is 12.4 Å². The molecule has 0 aliphatic carbocycles. The highest BCUT2D eigenvalue weighted by atomic mass is 35.5. The molecule has 0 aliphatic rings. The van der Waals surface area contributed by atoms with Crippen molar-refractivity contribution in [1.82, 2.24) is 0 Å². The lowest BCUT2D eigenvalue weighted by Gasteiger charge is -2.35. The molecular formula is C37H79ClN+. The van der Waals surface area contributed by atoms with E-state index in [9.17, 15) is 0 Å². The first-order valence-corrected chi connectivity index (χ1v) is 18.5. The molecular weight excluding hydrogens is 494 g/mol. The quantitative estimate of drug-likeness (QED) is 0.0541. The summed E-state index contributed by atoms with van der Waals surface area (Å²) in [4.78, 5) is 0. The van der Waals surface area contributed by atoms with Gasteiger partial charge in [0.25, 0.3) is 0 Å². The molecule has 0 unspecified atom stereocenters. The van der Waals surface area contributed by atoms with Crippen molar-refractivity contribution in [1.29, 1.82) is 0 Å². The van der Waals surface area contributed by atoms with Crippen LogP contribution in [0.1, 0.15) is 213 Å². The second-order valence-electron chi connectivity index (χ2n) is 13.3. The van der Waals surface area contributed by atoms with E-state index in [0.717, 1.165) is 0 Å². The van der Waals surface area contributed by atoms with Gasteiger partial charge in [-0.1, -0.05) is 175 Å². The van der Waals surface area contributed by atoms with Crippen LogP contribution in [-0.2, 0) is 0 Å². The van der Waals surface area contributed by atoms with Crippen molar-refractivity contribution in [2.75, 3.05) is 26.7 Å². The number of nitrogens with zero attached hydrogens (tertiary/aromatic N) is 1. The Bertz CT molecular complexity index is 364. The standard InChI is InChI=1S/C37H78N.ClH/c1-5-8-11-14-17-20-23-26-29-32-35-38(4,36-33-30-27-24-21-18-15-12-9-6-2)37-34-31-28-25-22-19-16-13-10-7-3;/h5-37H2,1-4H3;1H/q+1;. The molecule has 2 heteroatoms. The molecule has 238 valence electrons. The zero-order valence-corrected chi connectivity index (χ0v) is 29.0. The van der Waals surface area contributed by atoms with E-state index in [0.29, 0.717) is 0 Å². The molecule has 39 heavy (non-hydrogen) atoms. The zero-order valence-electron chi connectivity index (χ0n) is 28.2. The van der Waals surface area contributed by atoms with Gasteiger partial charge in [-0.25, -0.2) is 0 Å². The molecule has 0 heterocycles. The van der Waals surface area contributed by atoms with E-state index >= 15 is 0 Å². The summed E-state index contributed by atoms with van der Waals surface area (Å²) in [5, 5.41) is 0. The first kappa shape index (κ1) is 41.4. The summed E-state index contributed by atoms with van der Waals surface area (Å²) < 4.78 is 1.37. The van der Waals surface area contributed by atoms with Crippen LogP contribution in [0.15, 0.2) is 0 Å². The van der Waals surface area contributed by atoms with Gasteiger partial charge in [-0.15, -0.1) is 12.4 Å². The summed E-state index contributed by atoms with van der Waals surface area (Å²) in [6.07, 6.45) is 43.8. The number of quaternary nitrogens is 1. The molecule has 0 radical (unpaired) electrons. The second-order valence-corrected chi connectivity index (χ2v) is 13.3. The van der Waals surface area contributed by atoms with Gasteiger partial charge in [0.2, 0.25) is 0 Å². The zero-order chi connectivity index (χ0) is 27.8. The van der Waals surface area contributed by atoms with E-state index in [-0.39, 0.29) is 12.4 Å². The van der Waals surface area contributed by atoms with Gasteiger partial charge < -0.3 is 4.48 Å². The van der Waals surface area contributed by atoms with Crippen LogP contribution in [0.2, 0.25) is 0 Å². The lowest BCUT2D eigenvalue weighted by molar-refractivity contribution is -0.910. The monoisotopic (exact) mass is 573 g/mol. The smallest absolute Gasteiger partial charge is 0.0784 e. The third-order valence-electron chi connectivity index (χ3n) is 9.15. The Morgan fingerprint density at radius 3 is 0.590 bits per heavy atom. The molecule has 0 aromatic rings. The molecule has 0 atom stereocenters. The van der Waals surface area contributed by atoms with E-state index in [1.54, 1.807) is 0 Å². The van der Waals surface area contributed by atoms with Gasteiger partial charge in [0.1, 0.15) is 0 Å². The number of unbranched alkanes of at least 4 members (excludes halogenated alkanes) is 27. The fraction of sp³-hybridized carbons (Fsp3) is 1.00. The second kappa shape index (κ2) is 34.5. The number of hydrogen-bond donors (Lipinski definition) is 0. The Morgan fingerprint density at radius 1 is 0.256 bits per heavy atom. The van der Waals surface area contributed by atoms with Crippen molar-refractivity contribution in [3.05, 3.63) is 0 Å². The van der Waals surface area contributed by atoms with Gasteiger partial charge in [-0.3, -0.25) is 0 Å². The predicted molar refractivity (Wildman–Crippen MR) is 184 cm³/mol. The van der Waals surface area contributed by atoms with Gasteiger partial charge in [-0.2, -0.15) is 0 Å². The fourth-order valence-corrected chi connectivity index (χ4v) is 6.28. The van der Waals surface area contributed by atoms with Gasteiger partial charge in [0.15, 0.2) is 0 Å². The first-order valence-electron chi connectivity index (χ1n) is 18.5. The Morgan fingerprint density at radius 2 is 0.410 bits per heavy atom. The largest absolute Gasteiger partial charge is 0.326 e. The van der Waals surface area contributed by atoms with Crippen molar-refractivity contribution in [2.45, 2.75) is 213 Å². The Kier molecular flexibility index (Phi) is 36.6. The van der Waals surface area contributed by atoms with Crippen LogP contribution < -0.4 is 0 Å². The third kappa shape index (κ3) is 32.6. The average Bonchev–Trinajstić information content (AvgIpc) is 2.92. The van der Waals surface area contributed by atoms with Crippen molar-refractivity contribution < 1.29 is 4.48 Å². The summed E-state index contributed by atoms with van der Waals surface area (Å²) >= 11 is 0. The Balaban J connectivity index is 0. The molecule has 0 spiro atoms. The summed E-state index contributed by atoms with van der Waals surface area (Å²) in [6.45, 7) is 11.3. The molecule has 0 aromatic carbocycles. The van der Waals surface area contributed by atoms with E-state index in [1.165, 1.54) is 217 Å². The molecule has 0 aromatic heterocycles. The number of hydrogen-bond acceptors (Lipinski definition) is 0. The molecule has 0 amide bonds. The van der Waals surface area contributed by atoms with E-state index in [2.05, 4.69) is 27.8 Å². The van der Waals surface area contributed by atoms with Crippen LogP contribution in [0.3, 0.4) is 0 Å². The average molecular weight is 573 g/mol. The fourth-order valence-electron chi connectivity index (χ4n) is 6.28. The highest BCUT2D eigenvalue weighted by molar-refractivity contribution is 5.85. The van der Waals surface area contributed by atoms with Crippen LogP contribution in [0.4, 0.5) is 0 Å². The minimum atomic E-state index is 0. The molecule has 0 saturated heterocycles. The molecule has 1 nitrogen and oxygen atoms in total. The topological polar surface area (TPSA) is 0 Å². The van der Waals surface area contributed by atoms with Crippen LogP contribution in [-0.4, -0.2) is 31.2 Å². The highest BCUT2D eigenvalue weighted by Gasteiger charge is 2.20. The van der Waals surface area contributed by atoms with Gasteiger partial charge in [0.05, 0.1) is 26.7 Å². The van der Waals surface area contributed by atoms with Crippen molar-refractivity contribution in [3.63, 3.8) is 0 Å². The first-order chi connectivity index (χ1) is 18.7. The highest BCUT2D eigenvalue weighted by Crippen LogP contribution is 2.18. The minimum Gasteiger partial charge on any atom is -0.326 e. The third-order valence-corrected chi connectivity index (χ3v) is 9.15. The van der Waals surface area contributed by atoms with Gasteiger partial charge >= 0.3 is 0 Å². The van der Waals surface area contributed by atoms with Crippen LogP contribution in [0, 0.1) is 0 Å². The van der Waals surface area contributed by atoms with Gasteiger partial charge in [0, 0.05) is 0 Å². The normalized spacial score (nSPS) is 11.7. The maximum absolute atomic E-state index is 2.61. The molecule has 0 fully saturated rings. The SMILES string of the molecule is CCCCCCCCCCCC[N+](C)(CCCCCCCCCCCC)CCCCCCCCCCCC.Cl. The molecule has 0 bridgehead atoms. The Labute approximate surface area is 256 Å². The van der Waals surface area contributed by atoms with Crippen molar-refractivity contribution in [2.24, 2.45) is 0 Å². The minimum absolute atomic E-state index is 0. The Hall–Kier alpha value is 0.250. The lowest BCUT2D eigenvalue weighted by Crippen LogP contribution is -2.46. The molecule has 0 aliphatic heterocycles. The number of rotatable bonds is 33. The summed E-state index contributed by atoms with van der Waals surface area (Å²) in [5.74, 6) is 0. The van der Waals surface area contributed by atoms with Crippen LogP contribution >= 0.6 is 12.4 Å². The van der Waals surface area contributed by atoms with E-state index < -0.39 is 0 Å². The summed E-state index contributed by atoms with van der Waals surface area (Å²) in [6, 6.07) is 0. The van der Waals surface area contributed by atoms with Crippen molar-refractivity contribution in [3.8, 4) is 0 Å². The number of halogens is 1. The van der Waals surface area contributed by atoms with Crippen LogP contribution in [0.5, 0.6) is 0 Å². The predicted octanol–water partition coefficient (Wildman–Crippen LogP) is 13.6.